The van der Waals surface area contributed by atoms with Crippen molar-refractivity contribution in [2.45, 2.75) is 32.0 Å². The van der Waals surface area contributed by atoms with Gasteiger partial charge in [-0.1, -0.05) is 23.9 Å². The molecule has 2 heterocycles. The Morgan fingerprint density at radius 2 is 2.08 bits per heavy atom. The Hall–Kier alpha value is -2.67. The number of nitrogens with zero attached hydrogens (tertiary/aromatic N) is 3. The van der Waals surface area contributed by atoms with Gasteiger partial charge in [0, 0.05) is 24.9 Å². The summed E-state index contributed by atoms with van der Waals surface area (Å²) in [6, 6.07) is 11.0. The van der Waals surface area contributed by atoms with E-state index >= 15 is 0 Å². The minimum absolute atomic E-state index is 0.0472. The lowest BCUT2D eigenvalue weighted by Crippen LogP contribution is -2.22. The van der Waals surface area contributed by atoms with E-state index in [0.29, 0.717) is 40.6 Å². The molecule has 1 amide bonds. The summed E-state index contributed by atoms with van der Waals surface area (Å²) in [5.74, 6) is 0.971. The summed E-state index contributed by atoms with van der Waals surface area (Å²) in [5.41, 5.74) is 1.67. The maximum Gasteiger partial charge on any atom is 0.262 e. The number of pyridine rings is 1. The Labute approximate surface area is 155 Å². The van der Waals surface area contributed by atoms with Gasteiger partial charge in [0.2, 0.25) is 5.91 Å². The predicted octanol–water partition coefficient (Wildman–Crippen LogP) is 3.24. The first-order chi connectivity index (χ1) is 12.6. The number of aromatic nitrogens is 3. The van der Waals surface area contributed by atoms with E-state index in [2.05, 4.69) is 15.3 Å². The molecule has 134 valence electrons. The zero-order chi connectivity index (χ0) is 18.5. The maximum atomic E-state index is 12.6. The standard InChI is InChI=1S/C19H20N4O2S/c1-3-23-18(25)14-6-4-5-7-15(14)21-19(23)26-11-9-17(24)22-16-12-13(2)8-10-20-16/h4-8,10,12H,3,9,11H2,1-2H3,(H,20,22,24). The molecule has 1 N–H and O–H groups in total. The van der Waals surface area contributed by atoms with E-state index in [4.69, 9.17) is 0 Å². The number of fused-ring (bicyclic) bond motifs is 1. The van der Waals surface area contributed by atoms with Crippen LogP contribution < -0.4 is 10.9 Å². The number of thioether (sulfide) groups is 1. The van der Waals surface area contributed by atoms with Crippen molar-refractivity contribution in [1.82, 2.24) is 14.5 Å². The van der Waals surface area contributed by atoms with Gasteiger partial charge in [-0.15, -0.1) is 0 Å². The molecule has 1 aromatic carbocycles. The average Bonchev–Trinajstić information content (AvgIpc) is 2.62. The molecule has 0 aliphatic rings. The predicted molar refractivity (Wildman–Crippen MR) is 105 cm³/mol. The number of anilines is 1. The van der Waals surface area contributed by atoms with E-state index in [9.17, 15) is 9.59 Å². The number of benzene rings is 1. The minimum atomic E-state index is -0.109. The van der Waals surface area contributed by atoms with E-state index in [0.717, 1.165) is 5.56 Å². The van der Waals surface area contributed by atoms with Gasteiger partial charge in [-0.25, -0.2) is 9.97 Å². The number of aryl methyl sites for hydroxylation is 1. The van der Waals surface area contributed by atoms with Crippen LogP contribution in [0, 0.1) is 6.92 Å². The molecule has 0 radical (unpaired) electrons. The second kappa shape index (κ2) is 8.14. The molecule has 0 fully saturated rings. The van der Waals surface area contributed by atoms with E-state index in [1.54, 1.807) is 16.8 Å². The summed E-state index contributed by atoms with van der Waals surface area (Å²) < 4.78 is 1.65. The second-order valence-corrected chi connectivity index (χ2v) is 6.89. The fourth-order valence-electron chi connectivity index (χ4n) is 2.58. The first kappa shape index (κ1) is 18.1. The van der Waals surface area contributed by atoms with E-state index in [1.807, 2.05) is 44.2 Å². The molecule has 26 heavy (non-hydrogen) atoms. The Morgan fingerprint density at radius 3 is 2.85 bits per heavy atom. The van der Waals surface area contributed by atoms with Crippen molar-refractivity contribution in [2.24, 2.45) is 0 Å². The summed E-state index contributed by atoms with van der Waals surface area (Å²) in [4.78, 5) is 33.4. The zero-order valence-electron chi connectivity index (χ0n) is 14.7. The zero-order valence-corrected chi connectivity index (χ0v) is 15.5. The molecule has 0 aliphatic heterocycles. The van der Waals surface area contributed by atoms with Crippen LogP contribution in [-0.4, -0.2) is 26.2 Å². The third-order valence-corrected chi connectivity index (χ3v) is 4.86. The van der Waals surface area contributed by atoms with Crippen LogP contribution >= 0.6 is 11.8 Å². The Balaban J connectivity index is 1.68. The van der Waals surface area contributed by atoms with Crippen LogP contribution in [0.5, 0.6) is 0 Å². The molecule has 0 bridgehead atoms. The van der Waals surface area contributed by atoms with Crippen molar-refractivity contribution in [3.8, 4) is 0 Å². The van der Waals surface area contributed by atoms with Gasteiger partial charge in [0.15, 0.2) is 5.16 Å². The first-order valence-electron chi connectivity index (χ1n) is 8.43. The van der Waals surface area contributed by atoms with Crippen molar-refractivity contribution in [1.29, 1.82) is 0 Å². The van der Waals surface area contributed by atoms with Crippen molar-refractivity contribution >= 4 is 34.4 Å². The highest BCUT2D eigenvalue weighted by molar-refractivity contribution is 7.99. The van der Waals surface area contributed by atoms with Gasteiger partial charge < -0.3 is 5.32 Å². The van der Waals surface area contributed by atoms with E-state index in [-0.39, 0.29) is 11.5 Å². The number of amides is 1. The number of carbonyl (C=O) groups excluding carboxylic acids is 1. The number of para-hydroxylation sites is 1. The lowest BCUT2D eigenvalue weighted by atomic mass is 10.2. The molecule has 3 aromatic rings. The van der Waals surface area contributed by atoms with Gasteiger partial charge in [0.25, 0.3) is 5.56 Å². The Morgan fingerprint density at radius 1 is 1.27 bits per heavy atom. The summed E-state index contributed by atoms with van der Waals surface area (Å²) in [6.07, 6.45) is 1.98. The largest absolute Gasteiger partial charge is 0.311 e. The van der Waals surface area contributed by atoms with Crippen LogP contribution in [0.3, 0.4) is 0 Å². The normalized spacial score (nSPS) is 10.8. The molecular formula is C19H20N4O2S. The molecule has 0 atom stereocenters. The fourth-order valence-corrected chi connectivity index (χ4v) is 3.58. The third kappa shape index (κ3) is 4.11. The molecule has 0 spiro atoms. The SMILES string of the molecule is CCn1c(SCCC(=O)Nc2cc(C)ccn2)nc2ccccc2c1=O. The number of hydrogen-bond acceptors (Lipinski definition) is 5. The van der Waals surface area contributed by atoms with Gasteiger partial charge in [-0.05, 0) is 43.7 Å². The second-order valence-electron chi connectivity index (χ2n) is 5.83. The van der Waals surface area contributed by atoms with Crippen molar-refractivity contribution in [3.05, 3.63) is 58.5 Å². The highest BCUT2D eigenvalue weighted by Gasteiger charge is 2.11. The lowest BCUT2D eigenvalue weighted by molar-refractivity contribution is -0.115. The van der Waals surface area contributed by atoms with Crippen molar-refractivity contribution < 1.29 is 4.79 Å². The van der Waals surface area contributed by atoms with Gasteiger partial charge in [0.05, 0.1) is 10.9 Å². The summed E-state index contributed by atoms with van der Waals surface area (Å²) in [6.45, 7) is 4.40. The van der Waals surface area contributed by atoms with Crippen molar-refractivity contribution in [2.75, 3.05) is 11.1 Å². The van der Waals surface area contributed by atoms with Crippen LogP contribution in [0.4, 0.5) is 5.82 Å². The highest BCUT2D eigenvalue weighted by Crippen LogP contribution is 2.18. The van der Waals surface area contributed by atoms with Crippen LogP contribution in [0.1, 0.15) is 18.9 Å². The topological polar surface area (TPSA) is 76.9 Å². The number of hydrogen-bond donors (Lipinski definition) is 1. The smallest absolute Gasteiger partial charge is 0.262 e. The van der Waals surface area contributed by atoms with Crippen LogP contribution in [-0.2, 0) is 11.3 Å². The van der Waals surface area contributed by atoms with Crippen LogP contribution in [0.2, 0.25) is 0 Å². The molecular weight excluding hydrogens is 348 g/mol. The maximum absolute atomic E-state index is 12.6. The minimum Gasteiger partial charge on any atom is -0.311 e. The molecule has 0 saturated carbocycles. The number of carbonyl (C=O) groups is 1. The van der Waals surface area contributed by atoms with E-state index in [1.165, 1.54) is 11.8 Å². The van der Waals surface area contributed by atoms with E-state index < -0.39 is 0 Å². The molecule has 0 aliphatic carbocycles. The molecule has 0 saturated heterocycles. The molecule has 6 nitrogen and oxygen atoms in total. The molecule has 0 unspecified atom stereocenters. The van der Waals surface area contributed by atoms with Crippen molar-refractivity contribution in [3.63, 3.8) is 0 Å². The van der Waals surface area contributed by atoms with Gasteiger partial charge in [-0.3, -0.25) is 14.2 Å². The van der Waals surface area contributed by atoms with Crippen LogP contribution in [0.25, 0.3) is 10.9 Å². The highest BCUT2D eigenvalue weighted by atomic mass is 32.2. The van der Waals surface area contributed by atoms with Gasteiger partial charge in [-0.2, -0.15) is 0 Å². The van der Waals surface area contributed by atoms with Gasteiger partial charge >= 0.3 is 0 Å². The average molecular weight is 368 g/mol. The molecule has 7 heteroatoms. The summed E-state index contributed by atoms with van der Waals surface area (Å²) in [5, 5.41) is 4.04. The number of rotatable bonds is 6. The monoisotopic (exact) mass is 368 g/mol. The molecule has 3 rings (SSSR count). The quantitative estimate of drug-likeness (QED) is 0.534. The van der Waals surface area contributed by atoms with Gasteiger partial charge in [0.1, 0.15) is 5.82 Å². The van der Waals surface area contributed by atoms with Crippen LogP contribution in [0.15, 0.2) is 52.5 Å². The number of nitrogens with one attached hydrogen (secondary N) is 1. The summed E-state index contributed by atoms with van der Waals surface area (Å²) in [7, 11) is 0. The first-order valence-corrected chi connectivity index (χ1v) is 9.42. The fraction of sp³-hybridized carbons (Fsp3) is 0.263. The summed E-state index contributed by atoms with van der Waals surface area (Å²) >= 11 is 1.41. The lowest BCUT2D eigenvalue weighted by Gasteiger charge is -2.11. The Kier molecular flexibility index (Phi) is 5.68. The third-order valence-electron chi connectivity index (χ3n) is 3.89. The Bertz CT molecular complexity index is 1000. The molecule has 2 aromatic heterocycles.